The molecular formula is C15H18N4S. The number of hydrogen-bond acceptors (Lipinski definition) is 4. The van der Waals surface area contributed by atoms with Crippen LogP contribution < -0.4 is 5.32 Å². The number of anilines is 1. The second-order valence-electron chi connectivity index (χ2n) is 5.21. The van der Waals surface area contributed by atoms with Crippen LogP contribution in [0, 0.1) is 13.8 Å². The van der Waals surface area contributed by atoms with Crippen LogP contribution in [0.25, 0.3) is 5.65 Å². The second kappa shape index (κ2) is 5.25. The largest absolute Gasteiger partial charge is 0.367 e. The van der Waals surface area contributed by atoms with Crippen molar-refractivity contribution in [1.29, 1.82) is 0 Å². The molecule has 0 aliphatic carbocycles. The van der Waals surface area contributed by atoms with Gasteiger partial charge in [0, 0.05) is 22.2 Å². The molecule has 3 aromatic heterocycles. The van der Waals surface area contributed by atoms with Crippen LogP contribution in [0.1, 0.15) is 22.2 Å². The third kappa shape index (κ3) is 2.67. The van der Waals surface area contributed by atoms with Crippen molar-refractivity contribution in [1.82, 2.24) is 14.6 Å². The highest BCUT2D eigenvalue weighted by Crippen LogP contribution is 2.19. The summed E-state index contributed by atoms with van der Waals surface area (Å²) in [5, 5.41) is 7.81. The number of aromatic nitrogens is 3. The number of rotatable bonds is 4. The molecule has 20 heavy (non-hydrogen) atoms. The lowest BCUT2D eigenvalue weighted by atomic mass is 10.2. The van der Waals surface area contributed by atoms with Gasteiger partial charge in [0.05, 0.1) is 0 Å². The van der Waals surface area contributed by atoms with Gasteiger partial charge in [0.2, 0.25) is 0 Å². The van der Waals surface area contributed by atoms with Crippen molar-refractivity contribution in [2.45, 2.75) is 33.2 Å². The van der Waals surface area contributed by atoms with E-state index in [1.165, 1.54) is 15.3 Å². The smallest absolute Gasteiger partial charge is 0.157 e. The maximum Gasteiger partial charge on any atom is 0.157 e. The van der Waals surface area contributed by atoms with Crippen LogP contribution >= 0.6 is 11.3 Å². The summed E-state index contributed by atoms with van der Waals surface area (Å²) in [6.07, 6.45) is 2.61. The van der Waals surface area contributed by atoms with Gasteiger partial charge in [-0.3, -0.25) is 0 Å². The molecule has 3 rings (SSSR count). The Morgan fingerprint density at radius 2 is 2.15 bits per heavy atom. The van der Waals surface area contributed by atoms with Crippen LogP contribution in [-0.2, 0) is 6.42 Å². The normalized spacial score (nSPS) is 12.8. The molecule has 0 radical (unpaired) electrons. The minimum atomic E-state index is 0.349. The summed E-state index contributed by atoms with van der Waals surface area (Å²) < 4.78 is 1.85. The molecule has 0 saturated carbocycles. The fourth-order valence-electron chi connectivity index (χ4n) is 2.36. The van der Waals surface area contributed by atoms with E-state index in [9.17, 15) is 0 Å². The summed E-state index contributed by atoms with van der Waals surface area (Å²) in [6.45, 7) is 6.42. The quantitative estimate of drug-likeness (QED) is 0.798. The zero-order valence-corrected chi connectivity index (χ0v) is 12.7. The third-order valence-electron chi connectivity index (χ3n) is 3.22. The Morgan fingerprint density at radius 1 is 1.30 bits per heavy atom. The highest BCUT2D eigenvalue weighted by atomic mass is 32.1. The van der Waals surface area contributed by atoms with Gasteiger partial charge in [0.15, 0.2) is 5.65 Å². The molecule has 0 aromatic carbocycles. The first-order chi connectivity index (χ1) is 9.61. The van der Waals surface area contributed by atoms with Gasteiger partial charge in [-0.15, -0.1) is 11.3 Å². The Kier molecular flexibility index (Phi) is 3.44. The van der Waals surface area contributed by atoms with E-state index in [0.29, 0.717) is 6.04 Å². The number of nitrogens with zero attached hydrogens (tertiary/aromatic N) is 3. The van der Waals surface area contributed by atoms with Crippen molar-refractivity contribution >= 4 is 22.8 Å². The predicted octanol–water partition coefficient (Wildman–Crippen LogP) is 3.45. The van der Waals surface area contributed by atoms with Gasteiger partial charge in [-0.1, -0.05) is 0 Å². The molecule has 0 bridgehead atoms. The summed E-state index contributed by atoms with van der Waals surface area (Å²) in [5.74, 6) is 0.998. The Bertz CT molecular complexity index is 728. The fraction of sp³-hybridized carbons (Fsp3) is 0.333. The molecule has 3 heterocycles. The van der Waals surface area contributed by atoms with E-state index in [-0.39, 0.29) is 0 Å². The Labute approximate surface area is 122 Å². The first-order valence-electron chi connectivity index (χ1n) is 6.74. The molecule has 5 heteroatoms. The highest BCUT2D eigenvalue weighted by molar-refractivity contribution is 7.11. The lowest BCUT2D eigenvalue weighted by Crippen LogP contribution is -2.19. The molecule has 1 unspecified atom stereocenters. The van der Waals surface area contributed by atoms with E-state index >= 15 is 0 Å². The van der Waals surface area contributed by atoms with Crippen LogP contribution in [-0.4, -0.2) is 20.6 Å². The van der Waals surface area contributed by atoms with Crippen LogP contribution in [0.4, 0.5) is 5.82 Å². The van der Waals surface area contributed by atoms with E-state index < -0.39 is 0 Å². The first-order valence-corrected chi connectivity index (χ1v) is 7.56. The van der Waals surface area contributed by atoms with Crippen LogP contribution in [0.3, 0.4) is 0 Å². The molecule has 0 amide bonds. The van der Waals surface area contributed by atoms with Crippen molar-refractivity contribution in [3.8, 4) is 0 Å². The lowest BCUT2D eigenvalue weighted by Gasteiger charge is -2.15. The van der Waals surface area contributed by atoms with Gasteiger partial charge in [-0.05, 0) is 50.6 Å². The summed E-state index contributed by atoms with van der Waals surface area (Å²) in [5.41, 5.74) is 2.07. The third-order valence-corrected chi connectivity index (χ3v) is 4.24. The van der Waals surface area contributed by atoms with Crippen LogP contribution in [0.5, 0.6) is 0 Å². The van der Waals surface area contributed by atoms with E-state index in [1.54, 1.807) is 6.33 Å². The van der Waals surface area contributed by atoms with Crippen molar-refractivity contribution in [3.63, 3.8) is 0 Å². The molecule has 0 fully saturated rings. The molecule has 0 saturated heterocycles. The van der Waals surface area contributed by atoms with Crippen molar-refractivity contribution in [2.24, 2.45) is 0 Å². The van der Waals surface area contributed by atoms with E-state index in [2.05, 4.69) is 54.4 Å². The maximum absolute atomic E-state index is 4.27. The Hall–Kier alpha value is -1.88. The maximum atomic E-state index is 4.27. The molecular weight excluding hydrogens is 268 g/mol. The molecule has 1 atom stereocenters. The molecule has 104 valence electrons. The molecule has 0 aliphatic heterocycles. The zero-order chi connectivity index (χ0) is 14.1. The lowest BCUT2D eigenvalue weighted by molar-refractivity contribution is 0.781. The summed E-state index contributed by atoms with van der Waals surface area (Å²) >= 11 is 1.86. The van der Waals surface area contributed by atoms with Gasteiger partial charge < -0.3 is 5.32 Å². The number of aryl methyl sites for hydroxylation is 2. The van der Waals surface area contributed by atoms with Crippen LogP contribution in [0.15, 0.2) is 30.6 Å². The fourth-order valence-corrected chi connectivity index (χ4v) is 3.38. The Balaban J connectivity index is 1.80. The van der Waals surface area contributed by atoms with E-state index in [0.717, 1.165) is 17.9 Å². The zero-order valence-electron chi connectivity index (χ0n) is 11.9. The minimum Gasteiger partial charge on any atom is -0.367 e. The number of pyridine rings is 1. The van der Waals surface area contributed by atoms with E-state index in [4.69, 9.17) is 0 Å². The van der Waals surface area contributed by atoms with Gasteiger partial charge in [0.25, 0.3) is 0 Å². The molecule has 0 spiro atoms. The van der Waals surface area contributed by atoms with Crippen molar-refractivity contribution < 1.29 is 0 Å². The number of fused-ring (bicyclic) bond motifs is 1. The molecule has 4 nitrogen and oxygen atoms in total. The average molecular weight is 286 g/mol. The van der Waals surface area contributed by atoms with Crippen molar-refractivity contribution in [3.05, 3.63) is 45.9 Å². The van der Waals surface area contributed by atoms with Gasteiger partial charge >= 0.3 is 0 Å². The predicted molar refractivity (Wildman–Crippen MR) is 83.6 cm³/mol. The van der Waals surface area contributed by atoms with Crippen molar-refractivity contribution in [2.75, 3.05) is 5.32 Å². The SMILES string of the molecule is Cc1cc(NC(C)Cc2ccc(C)s2)n2ncnc2c1. The highest BCUT2D eigenvalue weighted by Gasteiger charge is 2.09. The molecule has 0 aliphatic rings. The standard InChI is InChI=1S/C15H18N4S/c1-10-6-14-16-9-17-19(14)15(7-10)18-11(2)8-13-5-4-12(3)20-13/h4-7,9,11,18H,8H2,1-3H3. The van der Waals surface area contributed by atoms with Gasteiger partial charge in [0.1, 0.15) is 12.1 Å². The first kappa shape index (κ1) is 13.1. The van der Waals surface area contributed by atoms with Crippen LogP contribution in [0.2, 0.25) is 0 Å². The summed E-state index contributed by atoms with van der Waals surface area (Å²) in [7, 11) is 0. The van der Waals surface area contributed by atoms with Gasteiger partial charge in [-0.2, -0.15) is 9.61 Å². The average Bonchev–Trinajstić information content (AvgIpc) is 2.98. The molecule has 1 N–H and O–H groups in total. The monoisotopic (exact) mass is 286 g/mol. The summed E-state index contributed by atoms with van der Waals surface area (Å²) in [4.78, 5) is 7.02. The Morgan fingerprint density at radius 3 is 2.90 bits per heavy atom. The number of thiophene rings is 1. The minimum absolute atomic E-state index is 0.349. The summed E-state index contributed by atoms with van der Waals surface area (Å²) in [6, 6.07) is 8.87. The topological polar surface area (TPSA) is 42.2 Å². The number of hydrogen-bond donors (Lipinski definition) is 1. The number of nitrogens with one attached hydrogen (secondary N) is 1. The second-order valence-corrected chi connectivity index (χ2v) is 6.58. The van der Waals surface area contributed by atoms with E-state index in [1.807, 2.05) is 21.9 Å². The molecule has 3 aromatic rings. The van der Waals surface area contributed by atoms with Gasteiger partial charge in [-0.25, -0.2) is 4.98 Å².